The fourth-order valence-corrected chi connectivity index (χ4v) is 1.89. The molecule has 0 radical (unpaired) electrons. The predicted octanol–water partition coefficient (Wildman–Crippen LogP) is 1.51. The highest BCUT2D eigenvalue weighted by atomic mass is 16.3. The third-order valence-electron chi connectivity index (χ3n) is 3.00. The summed E-state index contributed by atoms with van der Waals surface area (Å²) in [5, 5.41) is 13.1. The first-order valence-electron chi connectivity index (χ1n) is 6.24. The van der Waals surface area contributed by atoms with E-state index in [2.05, 4.69) is 5.32 Å². The lowest BCUT2D eigenvalue weighted by atomic mass is 10.1. The summed E-state index contributed by atoms with van der Waals surface area (Å²) >= 11 is 0. The van der Waals surface area contributed by atoms with Crippen molar-refractivity contribution < 1.29 is 9.90 Å². The van der Waals surface area contributed by atoms with Crippen LogP contribution in [0.4, 0.5) is 11.4 Å². The minimum absolute atomic E-state index is 0.272. The van der Waals surface area contributed by atoms with Crippen molar-refractivity contribution in [1.29, 1.82) is 0 Å². The van der Waals surface area contributed by atoms with Crippen molar-refractivity contribution in [2.45, 2.75) is 6.10 Å². The highest BCUT2D eigenvalue weighted by molar-refractivity contribution is 5.98. The molecule has 0 aliphatic heterocycles. The van der Waals surface area contributed by atoms with E-state index in [0.29, 0.717) is 16.9 Å². The lowest BCUT2D eigenvalue weighted by molar-refractivity contribution is 0.100. The molecule has 0 aliphatic rings. The van der Waals surface area contributed by atoms with Crippen molar-refractivity contribution in [3.8, 4) is 0 Å². The molecule has 5 nitrogen and oxygen atoms in total. The molecule has 5 heteroatoms. The number of primary amides is 1. The molecule has 20 heavy (non-hydrogen) atoms. The Kier molecular flexibility index (Phi) is 4.22. The summed E-state index contributed by atoms with van der Waals surface area (Å²) in [6, 6.07) is 13.9. The molecule has 0 aliphatic carbocycles. The maximum atomic E-state index is 11.3. The Morgan fingerprint density at radius 2 is 1.80 bits per heavy atom. The second-order valence-corrected chi connectivity index (χ2v) is 4.47. The van der Waals surface area contributed by atoms with E-state index in [-0.39, 0.29) is 6.54 Å². The van der Waals surface area contributed by atoms with E-state index in [4.69, 9.17) is 11.5 Å². The Morgan fingerprint density at radius 3 is 2.45 bits per heavy atom. The Bertz CT molecular complexity index is 596. The molecule has 1 atom stereocenters. The van der Waals surface area contributed by atoms with Crippen LogP contribution < -0.4 is 16.8 Å². The van der Waals surface area contributed by atoms with E-state index in [9.17, 15) is 9.90 Å². The van der Waals surface area contributed by atoms with Gasteiger partial charge in [0.2, 0.25) is 0 Å². The van der Waals surface area contributed by atoms with E-state index in [1.54, 1.807) is 48.5 Å². The summed E-state index contributed by atoms with van der Waals surface area (Å²) in [4.78, 5) is 11.3. The maximum absolute atomic E-state index is 11.3. The predicted molar refractivity (Wildman–Crippen MR) is 79.3 cm³/mol. The molecular weight excluding hydrogens is 254 g/mol. The number of nitrogens with two attached hydrogens (primary N) is 2. The summed E-state index contributed by atoms with van der Waals surface area (Å²) in [6.07, 6.45) is -0.698. The minimum Gasteiger partial charge on any atom is -0.399 e. The van der Waals surface area contributed by atoms with E-state index in [1.807, 2.05) is 0 Å². The van der Waals surface area contributed by atoms with Crippen molar-refractivity contribution in [2.24, 2.45) is 5.73 Å². The molecule has 0 fully saturated rings. The van der Waals surface area contributed by atoms with Crippen molar-refractivity contribution in [1.82, 2.24) is 0 Å². The molecule has 0 bridgehead atoms. The first-order valence-corrected chi connectivity index (χ1v) is 6.24. The average molecular weight is 271 g/mol. The van der Waals surface area contributed by atoms with E-state index in [1.165, 1.54) is 0 Å². The van der Waals surface area contributed by atoms with Gasteiger partial charge in [-0.05, 0) is 29.8 Å². The second-order valence-electron chi connectivity index (χ2n) is 4.47. The Morgan fingerprint density at radius 1 is 1.15 bits per heavy atom. The van der Waals surface area contributed by atoms with Gasteiger partial charge in [-0.3, -0.25) is 4.79 Å². The number of hydrogen-bond acceptors (Lipinski definition) is 4. The molecule has 0 heterocycles. The SMILES string of the molecule is NC(=O)c1ccccc1NCC(O)c1ccc(N)cc1. The fourth-order valence-electron chi connectivity index (χ4n) is 1.89. The minimum atomic E-state index is -0.698. The largest absolute Gasteiger partial charge is 0.399 e. The van der Waals surface area contributed by atoms with Gasteiger partial charge in [-0.1, -0.05) is 24.3 Å². The number of hydrogen-bond donors (Lipinski definition) is 4. The van der Waals surface area contributed by atoms with Gasteiger partial charge in [-0.2, -0.15) is 0 Å². The Balaban J connectivity index is 2.05. The molecule has 0 saturated carbocycles. The Hall–Kier alpha value is -2.53. The molecule has 2 aromatic rings. The van der Waals surface area contributed by atoms with E-state index >= 15 is 0 Å². The van der Waals surface area contributed by atoms with Gasteiger partial charge in [-0.15, -0.1) is 0 Å². The van der Waals surface area contributed by atoms with Crippen LogP contribution in [-0.2, 0) is 0 Å². The topological polar surface area (TPSA) is 101 Å². The average Bonchev–Trinajstić information content (AvgIpc) is 2.45. The molecule has 1 amide bonds. The summed E-state index contributed by atoms with van der Waals surface area (Å²) in [6.45, 7) is 0.272. The van der Waals surface area contributed by atoms with Crippen molar-refractivity contribution in [3.05, 3.63) is 59.7 Å². The zero-order valence-electron chi connectivity index (χ0n) is 10.9. The highest BCUT2D eigenvalue weighted by Crippen LogP contribution is 2.18. The van der Waals surface area contributed by atoms with E-state index < -0.39 is 12.0 Å². The van der Waals surface area contributed by atoms with Crippen LogP contribution in [0.15, 0.2) is 48.5 Å². The third-order valence-corrected chi connectivity index (χ3v) is 3.00. The second kappa shape index (κ2) is 6.08. The third kappa shape index (κ3) is 3.27. The van der Waals surface area contributed by atoms with Gasteiger partial charge in [0.1, 0.15) is 0 Å². The van der Waals surface area contributed by atoms with Crippen molar-refractivity contribution >= 4 is 17.3 Å². The van der Waals surface area contributed by atoms with Gasteiger partial charge in [0.05, 0.1) is 11.7 Å². The van der Waals surface area contributed by atoms with Crippen LogP contribution >= 0.6 is 0 Å². The Labute approximate surface area is 117 Å². The van der Waals surface area contributed by atoms with Crippen LogP contribution in [0, 0.1) is 0 Å². The molecule has 6 N–H and O–H groups in total. The van der Waals surface area contributed by atoms with Gasteiger partial charge >= 0.3 is 0 Å². The normalized spacial score (nSPS) is 11.8. The van der Waals surface area contributed by atoms with Gasteiger partial charge in [0.25, 0.3) is 5.91 Å². The molecule has 2 aromatic carbocycles. The standard InChI is InChI=1S/C15H17N3O2/c16-11-7-5-10(6-8-11)14(19)9-18-13-4-2-1-3-12(13)15(17)20/h1-8,14,18-19H,9,16H2,(H2,17,20). The zero-order valence-corrected chi connectivity index (χ0v) is 10.9. The van der Waals surface area contributed by atoms with Crippen molar-refractivity contribution in [2.75, 3.05) is 17.6 Å². The molecular formula is C15H17N3O2. The monoisotopic (exact) mass is 271 g/mol. The van der Waals surface area contributed by atoms with Crippen LogP contribution in [0.5, 0.6) is 0 Å². The van der Waals surface area contributed by atoms with E-state index in [0.717, 1.165) is 5.56 Å². The van der Waals surface area contributed by atoms with Crippen LogP contribution in [0.2, 0.25) is 0 Å². The number of rotatable bonds is 5. The number of nitrogen functional groups attached to an aromatic ring is 1. The molecule has 0 saturated heterocycles. The summed E-state index contributed by atoms with van der Waals surface area (Å²) in [7, 11) is 0. The van der Waals surface area contributed by atoms with Crippen LogP contribution in [0.25, 0.3) is 0 Å². The number of benzene rings is 2. The zero-order chi connectivity index (χ0) is 14.5. The lowest BCUT2D eigenvalue weighted by Gasteiger charge is -2.15. The van der Waals surface area contributed by atoms with Crippen LogP contribution in [0.1, 0.15) is 22.0 Å². The van der Waals surface area contributed by atoms with Gasteiger partial charge in [0.15, 0.2) is 0 Å². The molecule has 0 spiro atoms. The molecule has 1 unspecified atom stereocenters. The number of aliphatic hydroxyl groups is 1. The van der Waals surface area contributed by atoms with Gasteiger partial charge in [0, 0.05) is 17.9 Å². The smallest absolute Gasteiger partial charge is 0.250 e. The number of para-hydroxylation sites is 1. The summed E-state index contributed by atoms with van der Waals surface area (Å²) in [5.74, 6) is -0.505. The molecule has 104 valence electrons. The van der Waals surface area contributed by atoms with Crippen LogP contribution in [0.3, 0.4) is 0 Å². The van der Waals surface area contributed by atoms with Gasteiger partial charge in [-0.25, -0.2) is 0 Å². The number of anilines is 2. The number of carbonyl (C=O) groups is 1. The highest BCUT2D eigenvalue weighted by Gasteiger charge is 2.10. The molecule has 2 rings (SSSR count). The van der Waals surface area contributed by atoms with Crippen molar-refractivity contribution in [3.63, 3.8) is 0 Å². The maximum Gasteiger partial charge on any atom is 0.250 e. The van der Waals surface area contributed by atoms with Gasteiger partial charge < -0.3 is 21.9 Å². The quantitative estimate of drug-likeness (QED) is 0.619. The summed E-state index contributed by atoms with van der Waals surface area (Å²) in [5.41, 5.74) is 13.3. The lowest BCUT2D eigenvalue weighted by Crippen LogP contribution is -2.17. The first-order chi connectivity index (χ1) is 9.58. The summed E-state index contributed by atoms with van der Waals surface area (Å²) < 4.78 is 0. The number of amides is 1. The molecule has 0 aromatic heterocycles. The first kappa shape index (κ1) is 13.9. The number of nitrogens with one attached hydrogen (secondary N) is 1. The fraction of sp³-hybridized carbons (Fsp3) is 0.133. The number of aliphatic hydroxyl groups excluding tert-OH is 1. The van der Waals surface area contributed by atoms with Crippen LogP contribution in [-0.4, -0.2) is 17.6 Å². The number of carbonyl (C=O) groups excluding carboxylic acids is 1.